The number of halogens is 3. The van der Waals surface area contributed by atoms with Crippen LogP contribution in [-0.4, -0.2) is 26.1 Å². The molecule has 0 radical (unpaired) electrons. The van der Waals surface area contributed by atoms with Crippen LogP contribution in [0.15, 0.2) is 35.3 Å². The molecule has 138 valence electrons. The summed E-state index contributed by atoms with van der Waals surface area (Å²) in [5, 5.41) is 0.117. The Balaban J connectivity index is 2.21. The first-order valence-electron chi connectivity index (χ1n) is 7.51. The Morgan fingerprint density at radius 3 is 2.50 bits per heavy atom. The molecule has 0 saturated carbocycles. The number of ether oxygens (including phenoxy) is 1. The lowest BCUT2D eigenvalue weighted by atomic mass is 9.98. The van der Waals surface area contributed by atoms with Crippen LogP contribution in [0.5, 0.6) is 5.75 Å². The molecule has 0 aliphatic carbocycles. The van der Waals surface area contributed by atoms with Crippen LogP contribution >= 0.6 is 11.6 Å². The molecule has 26 heavy (non-hydrogen) atoms. The molecule has 2 aromatic carbocycles. The van der Waals surface area contributed by atoms with Crippen molar-refractivity contribution >= 4 is 33.0 Å². The molecule has 0 saturated heterocycles. The Morgan fingerprint density at radius 1 is 1.19 bits per heavy atom. The lowest BCUT2D eigenvalue weighted by Crippen LogP contribution is -2.33. The lowest BCUT2D eigenvalue weighted by Gasteiger charge is -2.31. The van der Waals surface area contributed by atoms with E-state index in [1.54, 1.807) is 13.8 Å². The van der Waals surface area contributed by atoms with Crippen molar-refractivity contribution < 1.29 is 21.9 Å². The Hall–Kier alpha value is -2.19. The predicted octanol–water partition coefficient (Wildman–Crippen LogP) is 3.96. The fourth-order valence-corrected chi connectivity index (χ4v) is 3.50. The molecule has 2 aromatic rings. The predicted molar refractivity (Wildman–Crippen MR) is 96.6 cm³/mol. The monoisotopic (exact) mass is 400 g/mol. The number of benzene rings is 2. The Bertz CT molecular complexity index is 1040. The van der Waals surface area contributed by atoms with E-state index in [0.717, 1.165) is 18.4 Å². The highest BCUT2D eigenvalue weighted by molar-refractivity contribution is 7.92. The van der Waals surface area contributed by atoms with Gasteiger partial charge < -0.3 is 4.74 Å². The van der Waals surface area contributed by atoms with E-state index in [9.17, 15) is 17.2 Å². The van der Waals surface area contributed by atoms with Gasteiger partial charge in [0, 0.05) is 17.7 Å². The van der Waals surface area contributed by atoms with Crippen molar-refractivity contribution in [3.8, 4) is 5.75 Å². The maximum atomic E-state index is 14.3. The molecule has 0 aromatic heterocycles. The molecule has 0 atom stereocenters. The van der Waals surface area contributed by atoms with Gasteiger partial charge >= 0.3 is 0 Å². The van der Waals surface area contributed by atoms with Crippen LogP contribution in [0.4, 0.5) is 14.5 Å². The summed E-state index contributed by atoms with van der Waals surface area (Å²) in [6, 6.07) is 5.97. The molecule has 0 amide bonds. The van der Waals surface area contributed by atoms with E-state index in [1.165, 1.54) is 18.2 Å². The Labute approximate surface area is 154 Å². The van der Waals surface area contributed by atoms with E-state index < -0.39 is 27.4 Å². The summed E-state index contributed by atoms with van der Waals surface area (Å²) in [5.41, 5.74) is -0.293. The first kappa shape index (κ1) is 18.6. The molecule has 1 aliphatic rings. The van der Waals surface area contributed by atoms with Crippen molar-refractivity contribution in [3.05, 3.63) is 58.1 Å². The number of aliphatic imine (C=N–C) groups is 1. The third kappa shape index (κ3) is 3.81. The van der Waals surface area contributed by atoms with Gasteiger partial charge in [0.2, 0.25) is 10.0 Å². The Kier molecular flexibility index (Phi) is 4.44. The maximum absolute atomic E-state index is 14.3. The van der Waals surface area contributed by atoms with Gasteiger partial charge in [-0.15, -0.1) is 0 Å². The molecule has 0 spiro atoms. The summed E-state index contributed by atoms with van der Waals surface area (Å²) >= 11 is 6.31. The van der Waals surface area contributed by atoms with E-state index in [1.807, 2.05) is 0 Å². The minimum Gasteiger partial charge on any atom is -0.466 e. The maximum Gasteiger partial charge on any atom is 0.229 e. The molecule has 0 bridgehead atoms. The third-order valence-corrected chi connectivity index (χ3v) is 4.43. The molecule has 9 heteroatoms. The number of hydrogen-bond donors (Lipinski definition) is 1. The summed E-state index contributed by atoms with van der Waals surface area (Å²) in [7, 11) is -3.52. The fraction of sp³-hybridized carbons (Fsp3) is 0.235. The first-order valence-corrected chi connectivity index (χ1v) is 9.78. The average molecular weight is 401 g/mol. The van der Waals surface area contributed by atoms with Crippen LogP contribution in [0.3, 0.4) is 0 Å². The van der Waals surface area contributed by atoms with Crippen LogP contribution in [0.2, 0.25) is 5.02 Å². The molecule has 0 unspecified atom stereocenters. The van der Waals surface area contributed by atoms with Crippen molar-refractivity contribution in [2.24, 2.45) is 4.99 Å². The van der Waals surface area contributed by atoms with Gasteiger partial charge in [0.25, 0.3) is 0 Å². The minimum atomic E-state index is -3.52. The minimum absolute atomic E-state index is 0.0646. The Morgan fingerprint density at radius 2 is 1.88 bits per heavy atom. The van der Waals surface area contributed by atoms with Gasteiger partial charge in [0.1, 0.15) is 17.4 Å². The van der Waals surface area contributed by atoms with Crippen LogP contribution in [0.1, 0.15) is 25.0 Å². The highest BCUT2D eigenvalue weighted by Gasteiger charge is 2.32. The van der Waals surface area contributed by atoms with Gasteiger partial charge in [-0.2, -0.15) is 0 Å². The van der Waals surface area contributed by atoms with E-state index in [2.05, 4.69) is 9.71 Å². The fourth-order valence-electron chi connectivity index (χ4n) is 2.66. The lowest BCUT2D eigenvalue weighted by molar-refractivity contribution is 0.115. The zero-order chi connectivity index (χ0) is 19.3. The van der Waals surface area contributed by atoms with Crippen molar-refractivity contribution in [2.75, 3.05) is 11.0 Å². The van der Waals surface area contributed by atoms with Crippen molar-refractivity contribution in [1.29, 1.82) is 0 Å². The van der Waals surface area contributed by atoms with Gasteiger partial charge in [0.05, 0.1) is 28.2 Å². The third-order valence-electron chi connectivity index (χ3n) is 3.52. The molecule has 3 rings (SSSR count). The number of hydrogen-bond acceptors (Lipinski definition) is 4. The van der Waals surface area contributed by atoms with Crippen LogP contribution in [-0.2, 0) is 10.0 Å². The normalized spacial score (nSPS) is 15.7. The highest BCUT2D eigenvalue weighted by Crippen LogP contribution is 2.39. The van der Waals surface area contributed by atoms with E-state index in [4.69, 9.17) is 16.3 Å². The second-order valence-electron chi connectivity index (χ2n) is 6.34. The van der Waals surface area contributed by atoms with Gasteiger partial charge in [0.15, 0.2) is 5.72 Å². The van der Waals surface area contributed by atoms with E-state index in [0.29, 0.717) is 5.56 Å². The first-order chi connectivity index (χ1) is 12.0. The zero-order valence-corrected chi connectivity index (χ0v) is 15.7. The number of nitrogens with zero attached hydrogens (tertiary/aromatic N) is 1. The van der Waals surface area contributed by atoms with Crippen molar-refractivity contribution in [2.45, 2.75) is 19.6 Å². The van der Waals surface area contributed by atoms with Gasteiger partial charge in [-0.25, -0.2) is 22.2 Å². The summed E-state index contributed by atoms with van der Waals surface area (Å²) in [5.74, 6) is -1.26. The molecule has 1 aliphatic heterocycles. The SMILES string of the molecule is CC1(C)N=C(c2ccc(F)cc2F)c2c(Cl)cc(NS(C)(=O)=O)cc2O1. The van der Waals surface area contributed by atoms with Gasteiger partial charge in [-0.1, -0.05) is 11.6 Å². The average Bonchev–Trinajstić information content (AvgIpc) is 2.42. The number of anilines is 1. The number of nitrogens with one attached hydrogen (secondary N) is 1. The van der Waals surface area contributed by atoms with Crippen LogP contribution in [0, 0.1) is 11.6 Å². The molecular weight excluding hydrogens is 386 g/mol. The zero-order valence-electron chi connectivity index (χ0n) is 14.1. The molecule has 1 heterocycles. The van der Waals surface area contributed by atoms with Crippen LogP contribution < -0.4 is 9.46 Å². The van der Waals surface area contributed by atoms with Crippen molar-refractivity contribution in [1.82, 2.24) is 0 Å². The molecule has 0 fully saturated rings. The highest BCUT2D eigenvalue weighted by atomic mass is 35.5. The summed E-state index contributed by atoms with van der Waals surface area (Å²) in [4.78, 5) is 4.39. The quantitative estimate of drug-likeness (QED) is 0.848. The van der Waals surface area contributed by atoms with Gasteiger partial charge in [-0.05, 0) is 32.0 Å². The second kappa shape index (κ2) is 6.21. The van der Waals surface area contributed by atoms with Crippen LogP contribution in [0.25, 0.3) is 0 Å². The number of fused-ring (bicyclic) bond motifs is 1. The van der Waals surface area contributed by atoms with E-state index >= 15 is 0 Å². The largest absolute Gasteiger partial charge is 0.466 e. The smallest absolute Gasteiger partial charge is 0.229 e. The molecular formula is C17H15ClF2N2O3S. The number of sulfonamides is 1. The van der Waals surface area contributed by atoms with E-state index in [-0.39, 0.29) is 27.7 Å². The second-order valence-corrected chi connectivity index (χ2v) is 8.49. The van der Waals surface area contributed by atoms with Crippen molar-refractivity contribution in [3.63, 3.8) is 0 Å². The standard InChI is InChI=1S/C17H15ClF2N2O3S/c1-17(2)21-16(11-5-4-9(19)6-13(11)20)15-12(18)7-10(8-14(15)25-17)22-26(3,23)24/h4-8,22H,1-3H3. The summed E-state index contributed by atoms with van der Waals surface area (Å²) in [6.45, 7) is 3.31. The topological polar surface area (TPSA) is 67.8 Å². The molecule has 1 N–H and O–H groups in total. The molecule has 5 nitrogen and oxygen atoms in total. The summed E-state index contributed by atoms with van der Waals surface area (Å²) in [6.07, 6.45) is 1.01. The number of rotatable bonds is 3. The van der Waals surface area contributed by atoms with Gasteiger partial charge in [-0.3, -0.25) is 4.72 Å². The summed E-state index contributed by atoms with van der Waals surface area (Å²) < 4.78 is 58.6.